The van der Waals surface area contributed by atoms with Crippen molar-refractivity contribution >= 4 is 22.3 Å². The van der Waals surface area contributed by atoms with Crippen LogP contribution in [-0.2, 0) is 6.42 Å². The van der Waals surface area contributed by atoms with Crippen LogP contribution in [0.2, 0.25) is 0 Å². The van der Waals surface area contributed by atoms with Crippen molar-refractivity contribution < 1.29 is 4.42 Å². The number of nitrogens with zero attached hydrogens (tertiary/aromatic N) is 1. The molecule has 3 nitrogen and oxygen atoms in total. The molecule has 0 spiro atoms. The molecular weight excluding hydrogens is 256 g/mol. The highest BCUT2D eigenvalue weighted by atomic mass is 32.1. The first-order valence-electron chi connectivity index (χ1n) is 6.33. The highest BCUT2D eigenvalue weighted by Crippen LogP contribution is 2.26. The molecule has 3 aromatic rings. The number of nitrogens with one attached hydrogen (secondary N) is 1. The van der Waals surface area contributed by atoms with Crippen molar-refractivity contribution in [3.05, 3.63) is 52.2 Å². The summed E-state index contributed by atoms with van der Waals surface area (Å²) >= 11 is 1.69. The number of aryl methyl sites for hydroxylation is 1. The number of para-hydroxylation sites is 1. The molecule has 1 unspecified atom stereocenters. The summed E-state index contributed by atoms with van der Waals surface area (Å²) in [4.78, 5) is 4.51. The van der Waals surface area contributed by atoms with Crippen molar-refractivity contribution in [2.75, 3.05) is 7.05 Å². The molecule has 0 radical (unpaired) electrons. The first-order valence-corrected chi connectivity index (χ1v) is 7.21. The zero-order valence-electron chi connectivity index (χ0n) is 11.0. The van der Waals surface area contributed by atoms with Crippen molar-refractivity contribution in [1.82, 2.24) is 10.3 Å². The lowest BCUT2D eigenvalue weighted by Gasteiger charge is -2.11. The van der Waals surface area contributed by atoms with Crippen LogP contribution in [0.3, 0.4) is 0 Å². The summed E-state index contributed by atoms with van der Waals surface area (Å²) in [5.74, 6) is 0.967. The zero-order chi connectivity index (χ0) is 13.2. The molecule has 4 heteroatoms. The van der Waals surface area contributed by atoms with Gasteiger partial charge in [0.15, 0.2) is 0 Å². The van der Waals surface area contributed by atoms with Gasteiger partial charge in [-0.1, -0.05) is 18.2 Å². The van der Waals surface area contributed by atoms with Gasteiger partial charge in [-0.3, -0.25) is 0 Å². The van der Waals surface area contributed by atoms with Crippen LogP contribution >= 0.6 is 11.3 Å². The Balaban J connectivity index is 1.88. The average Bonchev–Trinajstić information content (AvgIpc) is 3.01. The fourth-order valence-electron chi connectivity index (χ4n) is 2.23. The van der Waals surface area contributed by atoms with Crippen LogP contribution in [0, 0.1) is 6.92 Å². The van der Waals surface area contributed by atoms with Crippen molar-refractivity contribution in [1.29, 1.82) is 0 Å². The van der Waals surface area contributed by atoms with E-state index in [2.05, 4.69) is 27.8 Å². The SMILES string of the molecule is CNC(Cc1csc(C)n1)c1cc2ccccc2o1. The van der Waals surface area contributed by atoms with Crippen LogP contribution in [0.15, 0.2) is 40.1 Å². The normalized spacial score (nSPS) is 12.9. The highest BCUT2D eigenvalue weighted by molar-refractivity contribution is 7.09. The standard InChI is InChI=1S/C15H16N2OS/c1-10-17-12(9-19-10)8-13(16-2)15-7-11-5-3-4-6-14(11)18-15/h3-7,9,13,16H,8H2,1-2H3. The number of benzene rings is 1. The summed E-state index contributed by atoms with van der Waals surface area (Å²) in [6.07, 6.45) is 0.848. The monoisotopic (exact) mass is 272 g/mol. The second-order valence-electron chi connectivity index (χ2n) is 4.59. The summed E-state index contributed by atoms with van der Waals surface area (Å²) in [6.45, 7) is 2.03. The molecule has 0 aliphatic carbocycles. The molecule has 2 aromatic heterocycles. The van der Waals surface area contributed by atoms with Crippen LogP contribution in [-0.4, -0.2) is 12.0 Å². The minimum Gasteiger partial charge on any atom is -0.459 e. The van der Waals surface area contributed by atoms with Crippen LogP contribution < -0.4 is 5.32 Å². The molecule has 98 valence electrons. The predicted octanol–water partition coefficient (Wildman–Crippen LogP) is 3.70. The van der Waals surface area contributed by atoms with Crippen molar-refractivity contribution in [3.63, 3.8) is 0 Å². The summed E-state index contributed by atoms with van der Waals surface area (Å²) in [6, 6.07) is 10.4. The van der Waals surface area contributed by atoms with Crippen LogP contribution in [0.5, 0.6) is 0 Å². The lowest BCUT2D eigenvalue weighted by atomic mass is 10.1. The number of likely N-dealkylation sites (N-methyl/N-ethyl adjacent to an activating group) is 1. The number of aromatic nitrogens is 1. The van der Waals surface area contributed by atoms with Crippen molar-refractivity contribution in [2.24, 2.45) is 0 Å². The first kappa shape index (κ1) is 12.4. The van der Waals surface area contributed by atoms with Gasteiger partial charge < -0.3 is 9.73 Å². The third-order valence-electron chi connectivity index (χ3n) is 3.22. The van der Waals surface area contributed by atoms with E-state index >= 15 is 0 Å². The molecule has 0 aliphatic rings. The van der Waals surface area contributed by atoms with E-state index < -0.39 is 0 Å². The highest BCUT2D eigenvalue weighted by Gasteiger charge is 2.16. The summed E-state index contributed by atoms with van der Waals surface area (Å²) < 4.78 is 5.91. The molecule has 0 amide bonds. The van der Waals surface area contributed by atoms with Gasteiger partial charge in [0, 0.05) is 17.2 Å². The van der Waals surface area contributed by atoms with Gasteiger partial charge in [0.1, 0.15) is 11.3 Å². The molecule has 2 heterocycles. The molecule has 19 heavy (non-hydrogen) atoms. The van der Waals surface area contributed by atoms with E-state index in [0.717, 1.165) is 33.9 Å². The van der Waals surface area contributed by atoms with E-state index in [1.165, 1.54) is 0 Å². The molecule has 1 atom stereocenters. The Morgan fingerprint density at radius 2 is 2.21 bits per heavy atom. The van der Waals surface area contributed by atoms with Crippen molar-refractivity contribution in [2.45, 2.75) is 19.4 Å². The summed E-state index contributed by atoms with van der Waals surface area (Å²) in [7, 11) is 1.96. The average molecular weight is 272 g/mol. The quantitative estimate of drug-likeness (QED) is 0.787. The molecular formula is C15H16N2OS. The zero-order valence-corrected chi connectivity index (χ0v) is 11.8. The number of thiazole rings is 1. The second kappa shape index (κ2) is 5.15. The Labute approximate surface area is 116 Å². The fourth-order valence-corrected chi connectivity index (χ4v) is 2.86. The molecule has 0 aliphatic heterocycles. The third kappa shape index (κ3) is 2.55. The Morgan fingerprint density at radius 3 is 2.89 bits per heavy atom. The van der Waals surface area contributed by atoms with Gasteiger partial charge in [-0.15, -0.1) is 11.3 Å². The Kier molecular flexibility index (Phi) is 3.36. The fraction of sp³-hybridized carbons (Fsp3) is 0.267. The first-order chi connectivity index (χ1) is 9.26. The number of hydrogen-bond acceptors (Lipinski definition) is 4. The lowest BCUT2D eigenvalue weighted by molar-refractivity contribution is 0.448. The number of furan rings is 1. The van der Waals surface area contributed by atoms with Crippen LogP contribution in [0.4, 0.5) is 0 Å². The summed E-state index contributed by atoms with van der Waals surface area (Å²) in [5, 5.41) is 7.67. The second-order valence-corrected chi connectivity index (χ2v) is 5.65. The maximum Gasteiger partial charge on any atom is 0.134 e. The smallest absolute Gasteiger partial charge is 0.134 e. The number of rotatable bonds is 4. The maximum absolute atomic E-state index is 5.91. The summed E-state index contributed by atoms with van der Waals surface area (Å²) in [5.41, 5.74) is 2.05. The Hall–Kier alpha value is -1.65. The topological polar surface area (TPSA) is 38.1 Å². The lowest BCUT2D eigenvalue weighted by Crippen LogP contribution is -2.18. The molecule has 1 aromatic carbocycles. The van der Waals surface area contributed by atoms with Crippen LogP contribution in [0.1, 0.15) is 22.5 Å². The van der Waals surface area contributed by atoms with Gasteiger partial charge in [0.25, 0.3) is 0 Å². The van der Waals surface area contributed by atoms with Gasteiger partial charge in [0.05, 0.1) is 16.7 Å². The van der Waals surface area contributed by atoms with Gasteiger partial charge in [0.2, 0.25) is 0 Å². The van der Waals surface area contributed by atoms with Crippen LogP contribution in [0.25, 0.3) is 11.0 Å². The predicted molar refractivity (Wildman–Crippen MR) is 78.6 cm³/mol. The maximum atomic E-state index is 5.91. The molecule has 0 saturated heterocycles. The minimum atomic E-state index is 0.161. The molecule has 1 N–H and O–H groups in total. The van der Waals surface area contributed by atoms with Gasteiger partial charge >= 0.3 is 0 Å². The largest absolute Gasteiger partial charge is 0.459 e. The van der Waals surface area contributed by atoms with E-state index in [4.69, 9.17) is 4.42 Å². The van der Waals surface area contributed by atoms with Gasteiger partial charge in [-0.25, -0.2) is 4.98 Å². The van der Waals surface area contributed by atoms with E-state index in [0.29, 0.717) is 0 Å². The molecule has 0 saturated carbocycles. The van der Waals surface area contributed by atoms with Crippen molar-refractivity contribution in [3.8, 4) is 0 Å². The van der Waals surface area contributed by atoms with E-state index in [1.54, 1.807) is 11.3 Å². The Bertz CT molecular complexity index is 653. The third-order valence-corrected chi connectivity index (χ3v) is 4.04. The van der Waals surface area contributed by atoms with E-state index in [-0.39, 0.29) is 6.04 Å². The Morgan fingerprint density at radius 1 is 1.37 bits per heavy atom. The number of fused-ring (bicyclic) bond motifs is 1. The minimum absolute atomic E-state index is 0.161. The number of hydrogen-bond donors (Lipinski definition) is 1. The molecule has 3 rings (SSSR count). The van der Waals surface area contributed by atoms with Gasteiger partial charge in [-0.2, -0.15) is 0 Å². The van der Waals surface area contributed by atoms with E-state index in [9.17, 15) is 0 Å². The van der Waals surface area contributed by atoms with E-state index in [1.807, 2.05) is 32.2 Å². The molecule has 0 fully saturated rings. The molecule has 0 bridgehead atoms. The van der Waals surface area contributed by atoms with Gasteiger partial charge in [-0.05, 0) is 26.1 Å².